The van der Waals surface area contributed by atoms with Crippen LogP contribution < -0.4 is 5.48 Å². The van der Waals surface area contributed by atoms with Crippen LogP contribution in [0.15, 0.2) is 23.6 Å². The fraction of sp³-hybridized carbons (Fsp3) is 0.692. The molecule has 0 amide bonds. The summed E-state index contributed by atoms with van der Waals surface area (Å²) in [6, 6.07) is 0. The number of hydrogen-bond acceptors (Lipinski definition) is 4. The van der Waals surface area contributed by atoms with E-state index in [-0.39, 0.29) is 5.60 Å². The van der Waals surface area contributed by atoms with E-state index in [4.69, 9.17) is 4.74 Å². The second-order valence-electron chi connectivity index (χ2n) is 5.35. The molecule has 4 heteroatoms. The van der Waals surface area contributed by atoms with Crippen molar-refractivity contribution in [1.29, 1.82) is 0 Å². The standard InChI is InChI=1S/C13H19N2O2/c1-2-3-10-8-13(17-12(10)14-16)9-15-6-4-11(13)5-7-15/h2-3,11,14H,4-9H2,1H3/q-1/b3-2-. The van der Waals surface area contributed by atoms with Gasteiger partial charge < -0.3 is 15.4 Å². The molecule has 1 unspecified atom stereocenters. The van der Waals surface area contributed by atoms with E-state index in [0.29, 0.717) is 11.8 Å². The summed E-state index contributed by atoms with van der Waals surface area (Å²) < 4.78 is 6.00. The number of nitrogens with one attached hydrogen (secondary N) is 1. The van der Waals surface area contributed by atoms with E-state index in [1.54, 1.807) is 0 Å². The number of ether oxygens (including phenoxy) is 1. The Morgan fingerprint density at radius 3 is 2.76 bits per heavy atom. The molecule has 4 aliphatic rings. The van der Waals surface area contributed by atoms with Gasteiger partial charge in [0.25, 0.3) is 0 Å². The van der Waals surface area contributed by atoms with Gasteiger partial charge in [-0.2, -0.15) is 0 Å². The van der Waals surface area contributed by atoms with Crippen molar-refractivity contribution < 1.29 is 4.74 Å². The Labute approximate surface area is 102 Å². The maximum absolute atomic E-state index is 11.0. The predicted octanol–water partition coefficient (Wildman–Crippen LogP) is 1.75. The van der Waals surface area contributed by atoms with Crippen LogP contribution in [0.4, 0.5) is 0 Å². The minimum absolute atomic E-state index is 0.127. The number of allylic oxidation sites excluding steroid dienone is 2. The van der Waals surface area contributed by atoms with Gasteiger partial charge >= 0.3 is 0 Å². The molecular formula is C13H19N2O2-. The van der Waals surface area contributed by atoms with E-state index < -0.39 is 0 Å². The van der Waals surface area contributed by atoms with E-state index >= 15 is 0 Å². The lowest BCUT2D eigenvalue weighted by Crippen LogP contribution is -2.59. The van der Waals surface area contributed by atoms with Crippen LogP contribution >= 0.6 is 0 Å². The van der Waals surface area contributed by atoms with Gasteiger partial charge in [0.1, 0.15) is 5.60 Å². The van der Waals surface area contributed by atoms with Gasteiger partial charge in [-0.1, -0.05) is 12.2 Å². The number of hydroxylamine groups is 1. The molecule has 94 valence electrons. The quantitative estimate of drug-likeness (QED) is 0.741. The number of rotatable bonds is 2. The SMILES string of the molecule is C/C=C\C1=C(N[O-])OC2(C1)CN1CCC2CC1. The average molecular weight is 235 g/mol. The van der Waals surface area contributed by atoms with Crippen molar-refractivity contribution in [2.75, 3.05) is 19.6 Å². The molecule has 4 rings (SSSR count). The van der Waals surface area contributed by atoms with Crippen molar-refractivity contribution >= 4 is 0 Å². The Morgan fingerprint density at radius 2 is 2.24 bits per heavy atom. The van der Waals surface area contributed by atoms with Gasteiger partial charge in [-0.05, 0) is 32.9 Å². The predicted molar refractivity (Wildman–Crippen MR) is 65.9 cm³/mol. The van der Waals surface area contributed by atoms with Crippen molar-refractivity contribution in [2.24, 2.45) is 5.92 Å². The summed E-state index contributed by atoms with van der Waals surface area (Å²) in [7, 11) is 0. The van der Waals surface area contributed by atoms with Crippen molar-refractivity contribution in [1.82, 2.24) is 10.4 Å². The number of nitrogens with zero attached hydrogens (tertiary/aromatic N) is 1. The van der Waals surface area contributed by atoms with Crippen molar-refractivity contribution in [2.45, 2.75) is 31.8 Å². The highest BCUT2D eigenvalue weighted by molar-refractivity contribution is 5.30. The molecule has 0 saturated carbocycles. The minimum atomic E-state index is -0.127. The Hall–Kier alpha value is -1.00. The van der Waals surface area contributed by atoms with Crippen molar-refractivity contribution in [3.05, 3.63) is 28.8 Å². The third kappa shape index (κ3) is 1.67. The molecule has 0 aromatic heterocycles. The van der Waals surface area contributed by atoms with Gasteiger partial charge in [0.05, 0.1) is 0 Å². The second-order valence-corrected chi connectivity index (χ2v) is 5.35. The zero-order chi connectivity index (χ0) is 11.9. The summed E-state index contributed by atoms with van der Waals surface area (Å²) in [6.45, 7) is 5.32. The van der Waals surface area contributed by atoms with Crippen LogP contribution in [0, 0.1) is 11.1 Å². The Balaban J connectivity index is 1.84. The van der Waals surface area contributed by atoms with Crippen molar-refractivity contribution in [3.8, 4) is 0 Å². The molecule has 4 aliphatic heterocycles. The normalized spacial score (nSPS) is 40.4. The summed E-state index contributed by atoms with van der Waals surface area (Å²) in [5.74, 6) is 1.05. The molecule has 1 atom stereocenters. The van der Waals surface area contributed by atoms with Gasteiger partial charge in [-0.15, -0.1) is 0 Å². The van der Waals surface area contributed by atoms with Crippen LogP contribution in [0.3, 0.4) is 0 Å². The van der Waals surface area contributed by atoms with Crippen LogP contribution in [0.1, 0.15) is 26.2 Å². The molecule has 3 fully saturated rings. The van der Waals surface area contributed by atoms with Gasteiger partial charge in [-0.3, -0.25) is 4.90 Å². The molecule has 0 aromatic carbocycles. The highest BCUT2D eigenvalue weighted by Gasteiger charge is 2.51. The molecule has 1 spiro atoms. The molecule has 17 heavy (non-hydrogen) atoms. The lowest BCUT2D eigenvalue weighted by atomic mass is 9.73. The highest BCUT2D eigenvalue weighted by Crippen LogP contribution is 2.47. The zero-order valence-electron chi connectivity index (χ0n) is 10.2. The van der Waals surface area contributed by atoms with Crippen LogP contribution in [0.5, 0.6) is 0 Å². The monoisotopic (exact) mass is 235 g/mol. The summed E-state index contributed by atoms with van der Waals surface area (Å²) in [4.78, 5) is 2.46. The lowest BCUT2D eigenvalue weighted by Gasteiger charge is -2.51. The molecule has 3 saturated heterocycles. The average Bonchev–Trinajstić information content (AvgIpc) is 2.69. The molecule has 4 nitrogen and oxygen atoms in total. The first kappa shape index (κ1) is 11.1. The Kier molecular flexibility index (Phi) is 2.64. The van der Waals surface area contributed by atoms with Crippen LogP contribution in [0.2, 0.25) is 0 Å². The van der Waals surface area contributed by atoms with Gasteiger partial charge in [0, 0.05) is 24.5 Å². The maximum Gasteiger partial charge on any atom is 0.180 e. The third-order valence-corrected chi connectivity index (χ3v) is 4.37. The summed E-state index contributed by atoms with van der Waals surface area (Å²) in [6.07, 6.45) is 7.25. The number of hydrogen-bond donors (Lipinski definition) is 1. The Morgan fingerprint density at radius 1 is 1.47 bits per heavy atom. The van der Waals surface area contributed by atoms with Crippen LogP contribution in [-0.4, -0.2) is 30.1 Å². The van der Waals surface area contributed by atoms with Crippen LogP contribution in [0.25, 0.3) is 0 Å². The van der Waals surface area contributed by atoms with E-state index in [9.17, 15) is 5.21 Å². The first-order chi connectivity index (χ1) is 8.27. The van der Waals surface area contributed by atoms with E-state index in [2.05, 4.69) is 4.90 Å². The van der Waals surface area contributed by atoms with Crippen LogP contribution in [-0.2, 0) is 4.74 Å². The highest BCUT2D eigenvalue weighted by atomic mass is 16.6. The minimum Gasteiger partial charge on any atom is -0.759 e. The molecule has 4 heterocycles. The summed E-state index contributed by atoms with van der Waals surface area (Å²) in [5, 5.41) is 11.0. The molecule has 1 N–H and O–H groups in total. The Bertz CT molecular complexity index is 370. The second kappa shape index (κ2) is 4.03. The first-order valence-corrected chi connectivity index (χ1v) is 6.43. The van der Waals surface area contributed by atoms with Gasteiger partial charge in [-0.25, -0.2) is 0 Å². The van der Waals surface area contributed by atoms with E-state index in [0.717, 1.165) is 18.5 Å². The fourth-order valence-electron chi connectivity index (χ4n) is 3.57. The lowest BCUT2D eigenvalue weighted by molar-refractivity contribution is -0.115. The zero-order valence-corrected chi connectivity index (χ0v) is 10.2. The smallest absolute Gasteiger partial charge is 0.180 e. The van der Waals surface area contributed by atoms with Crippen molar-refractivity contribution in [3.63, 3.8) is 0 Å². The van der Waals surface area contributed by atoms with E-state index in [1.165, 1.54) is 25.9 Å². The molecule has 0 aliphatic carbocycles. The summed E-state index contributed by atoms with van der Waals surface area (Å²) >= 11 is 0. The first-order valence-electron chi connectivity index (χ1n) is 6.43. The maximum atomic E-state index is 11.0. The van der Waals surface area contributed by atoms with E-state index in [1.807, 2.05) is 24.6 Å². The molecule has 0 aromatic rings. The van der Waals surface area contributed by atoms with Gasteiger partial charge in [0.15, 0.2) is 5.88 Å². The molecule has 2 bridgehead atoms. The number of piperidine rings is 3. The molecular weight excluding hydrogens is 216 g/mol. The van der Waals surface area contributed by atoms with Gasteiger partial charge in [0.2, 0.25) is 0 Å². The largest absolute Gasteiger partial charge is 0.759 e. The summed E-state index contributed by atoms with van der Waals surface area (Å²) in [5.41, 5.74) is 2.86. The topological polar surface area (TPSA) is 47.6 Å². The number of fused-ring (bicyclic) bond motifs is 2. The molecule has 0 radical (unpaired) electrons. The fourth-order valence-corrected chi connectivity index (χ4v) is 3.57. The third-order valence-electron chi connectivity index (χ3n) is 4.37.